The molecule has 0 aliphatic heterocycles. The van der Waals surface area contributed by atoms with Gasteiger partial charge in [-0.1, -0.05) is 36.4 Å². The number of Topliss-reactive ketones (excluding diaryl/α,β-unsaturated/α-hetero) is 1. The lowest BCUT2D eigenvalue weighted by molar-refractivity contribution is 0.0967. The quantitative estimate of drug-likeness (QED) is 0.266. The summed E-state index contributed by atoms with van der Waals surface area (Å²) in [6, 6.07) is 20.1. The van der Waals surface area contributed by atoms with Crippen LogP contribution in [0.1, 0.15) is 51.5 Å². The average Bonchev–Trinajstić information content (AvgIpc) is 3.37. The Morgan fingerprint density at radius 1 is 1.05 bits per heavy atom. The fourth-order valence-corrected chi connectivity index (χ4v) is 6.83. The minimum absolute atomic E-state index is 0.0186. The number of rotatable bonds is 10. The molecule has 0 N–H and O–H groups in total. The molecule has 202 valence electrons. The first-order valence-electron chi connectivity index (χ1n) is 13.0. The molecule has 5 rings (SSSR count). The van der Waals surface area contributed by atoms with Crippen LogP contribution in [-0.2, 0) is 22.8 Å². The number of nitrogens with zero attached hydrogens (tertiary/aromatic N) is 2. The summed E-state index contributed by atoms with van der Waals surface area (Å²) in [4.78, 5) is 17.4. The minimum Gasteiger partial charge on any atom is -0.496 e. The summed E-state index contributed by atoms with van der Waals surface area (Å²) in [6.07, 6.45) is 5.16. The van der Waals surface area contributed by atoms with Crippen molar-refractivity contribution in [2.24, 2.45) is 0 Å². The summed E-state index contributed by atoms with van der Waals surface area (Å²) in [5.41, 5.74) is 4.63. The van der Waals surface area contributed by atoms with Gasteiger partial charge in [-0.05, 0) is 66.3 Å². The highest BCUT2D eigenvalue weighted by Crippen LogP contribution is 2.36. The van der Waals surface area contributed by atoms with Crippen LogP contribution in [0.2, 0.25) is 0 Å². The van der Waals surface area contributed by atoms with Gasteiger partial charge < -0.3 is 14.0 Å². The van der Waals surface area contributed by atoms with Crippen LogP contribution in [0.5, 0.6) is 11.5 Å². The molecule has 8 heteroatoms. The zero-order valence-corrected chi connectivity index (χ0v) is 23.0. The van der Waals surface area contributed by atoms with E-state index >= 15 is 0 Å². The summed E-state index contributed by atoms with van der Waals surface area (Å²) in [5, 5.41) is 0. The Labute approximate surface area is 229 Å². The second-order valence-corrected chi connectivity index (χ2v) is 12.0. The maximum absolute atomic E-state index is 13.0. The second-order valence-electron chi connectivity index (χ2n) is 9.92. The first-order chi connectivity index (χ1) is 18.8. The van der Waals surface area contributed by atoms with Crippen LogP contribution in [-0.4, -0.2) is 43.2 Å². The van der Waals surface area contributed by atoms with Gasteiger partial charge in [-0.15, -0.1) is 0 Å². The molecule has 39 heavy (non-hydrogen) atoms. The Morgan fingerprint density at radius 3 is 2.64 bits per heavy atom. The first-order valence-corrected chi connectivity index (χ1v) is 14.7. The zero-order chi connectivity index (χ0) is 27.4. The fraction of sp³-hybridized carbons (Fsp3) is 0.290. The van der Waals surface area contributed by atoms with Crippen molar-refractivity contribution in [3.63, 3.8) is 0 Å². The number of carbonyl (C=O) groups is 1. The van der Waals surface area contributed by atoms with Crippen molar-refractivity contribution in [2.45, 2.75) is 43.5 Å². The number of hydrogen-bond donors (Lipinski definition) is 0. The molecule has 1 aromatic heterocycles. The third-order valence-electron chi connectivity index (χ3n) is 7.25. The number of imidazole rings is 1. The van der Waals surface area contributed by atoms with Gasteiger partial charge in [0, 0.05) is 36.8 Å². The van der Waals surface area contributed by atoms with Crippen molar-refractivity contribution in [1.82, 2.24) is 9.55 Å². The molecule has 0 saturated heterocycles. The molecule has 0 radical (unpaired) electrons. The number of fused-ring (bicyclic) bond motifs is 1. The third-order valence-corrected chi connectivity index (χ3v) is 9.08. The molecule has 1 aliphatic rings. The second kappa shape index (κ2) is 11.5. The monoisotopic (exact) mass is 544 g/mol. The summed E-state index contributed by atoms with van der Waals surface area (Å²) in [6.45, 7) is 3.14. The molecule has 7 nitrogen and oxygen atoms in total. The molecule has 0 bridgehead atoms. The summed E-state index contributed by atoms with van der Waals surface area (Å²) in [7, 11) is -1.79. The molecule has 0 amide bonds. The van der Waals surface area contributed by atoms with Crippen LogP contribution in [0.3, 0.4) is 0 Å². The Bertz CT molecular complexity index is 1580. The van der Waals surface area contributed by atoms with E-state index in [2.05, 4.69) is 21.7 Å². The van der Waals surface area contributed by atoms with Gasteiger partial charge in [-0.2, -0.15) is 0 Å². The summed E-state index contributed by atoms with van der Waals surface area (Å²) < 4.78 is 39.4. The van der Waals surface area contributed by atoms with E-state index in [-0.39, 0.29) is 17.5 Å². The molecule has 0 saturated carbocycles. The van der Waals surface area contributed by atoms with E-state index in [1.807, 2.05) is 37.6 Å². The van der Waals surface area contributed by atoms with Crippen molar-refractivity contribution in [1.29, 1.82) is 0 Å². The van der Waals surface area contributed by atoms with E-state index in [1.165, 1.54) is 0 Å². The number of carbonyl (C=O) groups excluding carboxylic acids is 1. The maximum atomic E-state index is 13.0. The van der Waals surface area contributed by atoms with Gasteiger partial charge in [0.05, 0.1) is 30.7 Å². The number of sulfone groups is 1. The van der Waals surface area contributed by atoms with E-state index < -0.39 is 9.84 Å². The van der Waals surface area contributed by atoms with E-state index in [4.69, 9.17) is 9.47 Å². The van der Waals surface area contributed by atoms with Crippen molar-refractivity contribution in [3.8, 4) is 11.5 Å². The van der Waals surface area contributed by atoms with Crippen molar-refractivity contribution in [3.05, 3.63) is 107 Å². The highest BCUT2D eigenvalue weighted by atomic mass is 32.2. The highest BCUT2D eigenvalue weighted by molar-refractivity contribution is 7.91. The molecular formula is C31H32N2O5S. The van der Waals surface area contributed by atoms with Crippen LogP contribution in [0.4, 0.5) is 0 Å². The predicted molar refractivity (Wildman–Crippen MR) is 150 cm³/mol. The fourth-order valence-electron chi connectivity index (χ4n) is 5.19. The molecule has 1 unspecified atom stereocenters. The number of benzene rings is 3. The molecule has 1 heterocycles. The number of ether oxygens (including phenoxy) is 2. The maximum Gasteiger partial charge on any atom is 0.178 e. The van der Waals surface area contributed by atoms with Crippen LogP contribution < -0.4 is 9.47 Å². The smallest absolute Gasteiger partial charge is 0.178 e. The molecular weight excluding hydrogens is 512 g/mol. The summed E-state index contributed by atoms with van der Waals surface area (Å²) >= 11 is 0. The summed E-state index contributed by atoms with van der Waals surface area (Å²) in [5.74, 6) is 1.25. The lowest BCUT2D eigenvalue weighted by atomic mass is 9.83. The first kappa shape index (κ1) is 26.7. The van der Waals surface area contributed by atoms with E-state index in [0.717, 1.165) is 28.1 Å². The van der Waals surface area contributed by atoms with Gasteiger partial charge >= 0.3 is 0 Å². The topological polar surface area (TPSA) is 87.5 Å². The largest absolute Gasteiger partial charge is 0.496 e. The Kier molecular flexibility index (Phi) is 7.84. The van der Waals surface area contributed by atoms with Gasteiger partial charge in [-0.3, -0.25) is 4.79 Å². The van der Waals surface area contributed by atoms with Crippen LogP contribution in [0, 0.1) is 6.92 Å². The van der Waals surface area contributed by atoms with Gasteiger partial charge in [0.15, 0.2) is 15.6 Å². The number of ketones is 1. The van der Waals surface area contributed by atoms with Gasteiger partial charge in [0.2, 0.25) is 0 Å². The predicted octanol–water partition coefficient (Wildman–Crippen LogP) is 5.40. The van der Waals surface area contributed by atoms with E-state index in [1.54, 1.807) is 43.5 Å². The zero-order valence-electron chi connectivity index (χ0n) is 22.2. The Morgan fingerprint density at radius 2 is 1.87 bits per heavy atom. The number of methoxy groups -OCH3 is 1. The number of hydrogen-bond acceptors (Lipinski definition) is 6. The van der Waals surface area contributed by atoms with Crippen molar-refractivity contribution >= 4 is 15.6 Å². The molecule has 3 aromatic carbocycles. The molecule has 1 aliphatic carbocycles. The average molecular weight is 545 g/mol. The standard InChI is InChI=1S/C31H32N2O5S/c1-22-16-23(8-13-31(22)37-2)19-33-21-32-18-25(33)14-15-38-26-10-11-28-24(9-12-30(34)29(28)17-26)20-39(35,36)27-6-4-3-5-7-27/h3-8,10-11,13,16-18,21,24H,9,12,14-15,19-20H2,1-2H3. The SMILES string of the molecule is COc1ccc(Cn2cncc2CCOc2ccc3c(c2)C(=O)CCC3CS(=O)(=O)c2ccccc2)cc1C. The number of aromatic nitrogens is 2. The molecule has 1 atom stereocenters. The lowest BCUT2D eigenvalue weighted by Gasteiger charge is -2.25. The van der Waals surface area contributed by atoms with E-state index in [0.29, 0.717) is 48.6 Å². The van der Waals surface area contributed by atoms with Gasteiger partial charge in [-0.25, -0.2) is 13.4 Å². The van der Waals surface area contributed by atoms with Crippen LogP contribution >= 0.6 is 0 Å². The lowest BCUT2D eigenvalue weighted by Crippen LogP contribution is -2.22. The Hall–Kier alpha value is -3.91. The molecule has 0 spiro atoms. The molecule has 4 aromatic rings. The van der Waals surface area contributed by atoms with Gasteiger partial charge in [0.1, 0.15) is 11.5 Å². The minimum atomic E-state index is -3.46. The molecule has 0 fully saturated rings. The normalized spacial score (nSPS) is 15.1. The van der Waals surface area contributed by atoms with E-state index in [9.17, 15) is 13.2 Å². The third kappa shape index (κ3) is 6.06. The Balaban J connectivity index is 1.24. The van der Waals surface area contributed by atoms with Crippen molar-refractivity contribution in [2.75, 3.05) is 19.5 Å². The van der Waals surface area contributed by atoms with Crippen LogP contribution in [0.15, 0.2) is 84.1 Å². The number of aryl methyl sites for hydroxylation is 1. The van der Waals surface area contributed by atoms with Gasteiger partial charge in [0.25, 0.3) is 0 Å². The van der Waals surface area contributed by atoms with Crippen molar-refractivity contribution < 1.29 is 22.7 Å². The van der Waals surface area contributed by atoms with Crippen LogP contribution in [0.25, 0.3) is 0 Å². The highest BCUT2D eigenvalue weighted by Gasteiger charge is 2.30.